The molecular formula is C14H20N2O4S2. The summed E-state index contributed by atoms with van der Waals surface area (Å²) in [6.07, 6.45) is 1.28. The van der Waals surface area contributed by atoms with E-state index in [2.05, 4.69) is 5.32 Å². The highest BCUT2D eigenvalue weighted by molar-refractivity contribution is 7.91. The molecule has 6 nitrogen and oxygen atoms in total. The molecule has 0 aromatic carbocycles. The smallest absolute Gasteiger partial charge is 0.254 e. The van der Waals surface area contributed by atoms with E-state index in [1.54, 1.807) is 19.9 Å². The molecule has 0 radical (unpaired) electrons. The van der Waals surface area contributed by atoms with E-state index in [0.29, 0.717) is 23.6 Å². The summed E-state index contributed by atoms with van der Waals surface area (Å²) in [5, 5.41) is 4.68. The molecule has 1 aromatic heterocycles. The normalized spacial score (nSPS) is 29.0. The first kappa shape index (κ1) is 15.9. The van der Waals surface area contributed by atoms with Gasteiger partial charge < -0.3 is 10.1 Å². The number of hydrogen-bond donors (Lipinski definition) is 1. The van der Waals surface area contributed by atoms with Gasteiger partial charge in [0.2, 0.25) is 0 Å². The summed E-state index contributed by atoms with van der Waals surface area (Å²) in [6.45, 7) is 5.87. The Balaban J connectivity index is 1.87. The van der Waals surface area contributed by atoms with Crippen LogP contribution in [0.1, 0.15) is 32.3 Å². The van der Waals surface area contributed by atoms with E-state index in [4.69, 9.17) is 4.74 Å². The summed E-state index contributed by atoms with van der Waals surface area (Å²) in [5.41, 5.74) is -0.897. The van der Waals surface area contributed by atoms with Crippen LogP contribution in [0.25, 0.3) is 0 Å². The SMILES string of the molecule is Cc1csc(S(=O)(=O)N2CCCC3(C2)NC(=O)C(C)(C)O3)c1. The minimum absolute atomic E-state index is 0.154. The van der Waals surface area contributed by atoms with Crippen molar-refractivity contribution in [3.8, 4) is 0 Å². The fraction of sp³-hybridized carbons (Fsp3) is 0.643. The number of nitrogens with zero attached hydrogens (tertiary/aromatic N) is 1. The first-order chi connectivity index (χ1) is 10.1. The average molecular weight is 344 g/mol. The molecule has 2 aliphatic heterocycles. The minimum Gasteiger partial charge on any atom is -0.339 e. The third kappa shape index (κ3) is 2.58. The Morgan fingerprint density at radius 2 is 2.14 bits per heavy atom. The average Bonchev–Trinajstić information content (AvgIpc) is 2.93. The van der Waals surface area contributed by atoms with E-state index >= 15 is 0 Å². The van der Waals surface area contributed by atoms with Crippen molar-refractivity contribution < 1.29 is 17.9 Å². The van der Waals surface area contributed by atoms with Gasteiger partial charge in [0.25, 0.3) is 15.9 Å². The van der Waals surface area contributed by atoms with Gasteiger partial charge in [-0.25, -0.2) is 8.42 Å². The molecule has 2 fully saturated rings. The molecule has 1 N–H and O–H groups in total. The summed E-state index contributed by atoms with van der Waals surface area (Å²) >= 11 is 1.22. The van der Waals surface area contributed by atoms with E-state index in [1.165, 1.54) is 15.6 Å². The fourth-order valence-electron chi connectivity index (χ4n) is 2.96. The third-order valence-corrected chi connectivity index (χ3v) is 7.44. The zero-order valence-corrected chi connectivity index (χ0v) is 14.5. The molecular weight excluding hydrogens is 324 g/mol. The number of aryl methyl sites for hydroxylation is 1. The van der Waals surface area contributed by atoms with Crippen molar-refractivity contribution in [1.82, 2.24) is 9.62 Å². The van der Waals surface area contributed by atoms with Crippen molar-refractivity contribution in [2.24, 2.45) is 0 Å². The predicted molar refractivity (Wildman–Crippen MR) is 83.1 cm³/mol. The van der Waals surface area contributed by atoms with Crippen molar-refractivity contribution in [3.05, 3.63) is 17.0 Å². The maximum Gasteiger partial charge on any atom is 0.254 e. The lowest BCUT2D eigenvalue weighted by molar-refractivity contribution is -0.137. The van der Waals surface area contributed by atoms with Crippen LogP contribution in [-0.2, 0) is 19.6 Å². The topological polar surface area (TPSA) is 75.7 Å². The second kappa shape index (κ2) is 5.02. The van der Waals surface area contributed by atoms with Gasteiger partial charge in [-0.05, 0) is 50.6 Å². The van der Waals surface area contributed by atoms with Gasteiger partial charge in [0.1, 0.15) is 9.81 Å². The van der Waals surface area contributed by atoms with Gasteiger partial charge >= 0.3 is 0 Å². The van der Waals surface area contributed by atoms with Gasteiger partial charge in [-0.3, -0.25) is 4.79 Å². The molecule has 1 atom stereocenters. The van der Waals surface area contributed by atoms with Crippen LogP contribution in [0.3, 0.4) is 0 Å². The second-order valence-electron chi connectivity index (χ2n) is 6.45. The Bertz CT molecular complexity index is 710. The van der Waals surface area contributed by atoms with Crippen LogP contribution in [0.5, 0.6) is 0 Å². The van der Waals surface area contributed by atoms with Crippen LogP contribution >= 0.6 is 11.3 Å². The van der Waals surface area contributed by atoms with Crippen LogP contribution in [0.15, 0.2) is 15.7 Å². The number of hydrogen-bond acceptors (Lipinski definition) is 5. The molecule has 2 saturated heterocycles. The maximum absolute atomic E-state index is 12.8. The standard InChI is InChI=1S/C14H20N2O4S2/c1-10-7-11(21-8-10)22(18,19)16-6-4-5-14(9-16)15-12(17)13(2,3)20-14/h7-8H,4-6,9H2,1-3H3,(H,15,17). The van der Waals surface area contributed by atoms with Crippen LogP contribution in [0.2, 0.25) is 0 Å². The molecule has 2 aliphatic rings. The summed E-state index contributed by atoms with van der Waals surface area (Å²) in [6, 6.07) is 1.68. The third-order valence-electron chi connectivity index (χ3n) is 4.06. The van der Waals surface area contributed by atoms with Gasteiger partial charge in [0, 0.05) is 6.54 Å². The molecule has 0 aliphatic carbocycles. The number of thiophene rings is 1. The second-order valence-corrected chi connectivity index (χ2v) is 9.52. The lowest BCUT2D eigenvalue weighted by Crippen LogP contribution is -2.56. The van der Waals surface area contributed by atoms with Crippen LogP contribution < -0.4 is 5.32 Å². The molecule has 22 heavy (non-hydrogen) atoms. The maximum atomic E-state index is 12.8. The van der Waals surface area contributed by atoms with Crippen LogP contribution in [0, 0.1) is 6.92 Å². The van der Waals surface area contributed by atoms with Crippen molar-refractivity contribution in [2.45, 2.75) is 49.1 Å². The van der Waals surface area contributed by atoms with Gasteiger partial charge in [-0.2, -0.15) is 4.31 Å². The number of amides is 1. The Morgan fingerprint density at radius 1 is 1.41 bits per heavy atom. The summed E-state index contributed by atoms with van der Waals surface area (Å²) in [7, 11) is -3.54. The Hall–Kier alpha value is -0.960. The molecule has 3 heterocycles. The largest absolute Gasteiger partial charge is 0.339 e. The molecule has 122 valence electrons. The van der Waals surface area contributed by atoms with Crippen LogP contribution in [-0.4, -0.2) is 43.0 Å². The molecule has 3 rings (SSSR count). The zero-order valence-electron chi connectivity index (χ0n) is 12.9. The van der Waals surface area contributed by atoms with Crippen molar-refractivity contribution in [2.75, 3.05) is 13.1 Å². The van der Waals surface area contributed by atoms with Crippen molar-refractivity contribution in [1.29, 1.82) is 0 Å². The zero-order chi connectivity index (χ0) is 16.2. The first-order valence-electron chi connectivity index (χ1n) is 7.23. The summed E-state index contributed by atoms with van der Waals surface area (Å²) in [5.74, 6) is -0.196. The lowest BCUT2D eigenvalue weighted by atomic mass is 10.0. The summed E-state index contributed by atoms with van der Waals surface area (Å²) in [4.78, 5) is 12.0. The minimum atomic E-state index is -3.54. The van der Waals surface area contributed by atoms with Gasteiger partial charge in [0.15, 0.2) is 5.72 Å². The highest BCUT2D eigenvalue weighted by atomic mass is 32.2. The molecule has 1 amide bonds. The van der Waals surface area contributed by atoms with E-state index in [-0.39, 0.29) is 12.5 Å². The molecule has 0 bridgehead atoms. The van der Waals surface area contributed by atoms with E-state index in [1.807, 2.05) is 12.3 Å². The Morgan fingerprint density at radius 3 is 2.68 bits per heavy atom. The molecule has 1 spiro atoms. The quantitative estimate of drug-likeness (QED) is 0.881. The predicted octanol–water partition coefficient (Wildman–Crippen LogP) is 1.46. The number of piperidine rings is 1. The first-order valence-corrected chi connectivity index (χ1v) is 9.55. The lowest BCUT2D eigenvalue weighted by Gasteiger charge is -2.39. The van der Waals surface area contributed by atoms with Gasteiger partial charge in [0.05, 0.1) is 6.54 Å². The molecule has 1 aromatic rings. The number of ether oxygens (including phenoxy) is 1. The van der Waals surface area contributed by atoms with E-state index in [9.17, 15) is 13.2 Å². The Labute approximate surface area is 134 Å². The summed E-state index contributed by atoms with van der Waals surface area (Å²) < 4.78 is 33.2. The monoisotopic (exact) mass is 344 g/mol. The van der Waals surface area contributed by atoms with E-state index in [0.717, 1.165) is 5.56 Å². The molecule has 0 saturated carbocycles. The van der Waals surface area contributed by atoms with E-state index < -0.39 is 21.3 Å². The number of carbonyl (C=O) groups is 1. The molecule has 1 unspecified atom stereocenters. The highest BCUT2D eigenvalue weighted by Gasteiger charge is 2.53. The van der Waals surface area contributed by atoms with Gasteiger partial charge in [-0.1, -0.05) is 0 Å². The van der Waals surface area contributed by atoms with Crippen LogP contribution in [0.4, 0.5) is 0 Å². The van der Waals surface area contributed by atoms with Crippen molar-refractivity contribution in [3.63, 3.8) is 0 Å². The fourth-order valence-corrected chi connectivity index (χ4v) is 5.87. The number of carbonyl (C=O) groups excluding carboxylic acids is 1. The number of sulfonamides is 1. The Kier molecular flexibility index (Phi) is 3.63. The highest BCUT2D eigenvalue weighted by Crippen LogP contribution is 2.36. The van der Waals surface area contributed by atoms with Crippen molar-refractivity contribution >= 4 is 27.3 Å². The molecule has 8 heteroatoms. The number of nitrogens with one attached hydrogen (secondary N) is 1. The number of rotatable bonds is 2. The van der Waals surface area contributed by atoms with Gasteiger partial charge in [-0.15, -0.1) is 11.3 Å².